The lowest BCUT2D eigenvalue weighted by molar-refractivity contribution is -0.137. The van der Waals surface area contributed by atoms with E-state index in [1.807, 2.05) is 11.9 Å². The molecule has 0 radical (unpaired) electrons. The molecule has 1 aliphatic heterocycles. The van der Waals surface area contributed by atoms with Crippen LogP contribution in [0.3, 0.4) is 0 Å². The van der Waals surface area contributed by atoms with Crippen molar-refractivity contribution < 1.29 is 22.7 Å². The second-order valence-corrected chi connectivity index (χ2v) is 6.18. The van der Waals surface area contributed by atoms with Crippen molar-refractivity contribution in [1.29, 1.82) is 0 Å². The predicted octanol–water partition coefficient (Wildman–Crippen LogP) is 2.85. The summed E-state index contributed by atoms with van der Waals surface area (Å²) >= 11 is 0. The average molecular weight is 344 g/mol. The normalized spacial score (nSPS) is 21.8. The van der Waals surface area contributed by atoms with Crippen molar-refractivity contribution in [2.45, 2.75) is 25.1 Å². The van der Waals surface area contributed by atoms with E-state index in [1.165, 1.54) is 12.1 Å². The van der Waals surface area contributed by atoms with Crippen LogP contribution in [-0.2, 0) is 15.7 Å². The minimum absolute atomic E-state index is 0.0692. The molecule has 1 saturated heterocycles. The smallest absolute Gasteiger partial charge is 0.373 e. The molecule has 2 atom stereocenters. The molecular weight excluding hydrogens is 321 g/mol. The molecule has 1 aromatic rings. The SMILES string of the molecule is CNC(=O)CN(C)C[C@@H]1CCCO[C@H]1c1ccc(C(F)(F)F)cc1. The standard InChI is InChI=1S/C17H23F3N2O2/c1-21-15(23)11-22(2)10-13-4-3-9-24-16(13)12-5-7-14(8-6-12)17(18,19)20/h5-8,13,16H,3-4,9-11H2,1-2H3,(H,21,23)/t13-,16-/m0/s1. The van der Waals surface area contributed by atoms with Crippen LogP contribution in [0.2, 0.25) is 0 Å². The maximum Gasteiger partial charge on any atom is 0.416 e. The van der Waals surface area contributed by atoms with Gasteiger partial charge in [0.25, 0.3) is 0 Å². The highest BCUT2D eigenvalue weighted by molar-refractivity contribution is 5.77. The average Bonchev–Trinajstić information content (AvgIpc) is 2.54. The highest BCUT2D eigenvalue weighted by Crippen LogP contribution is 2.36. The summed E-state index contributed by atoms with van der Waals surface area (Å²) < 4.78 is 43.9. The van der Waals surface area contributed by atoms with Crippen molar-refractivity contribution in [3.8, 4) is 0 Å². The molecule has 7 heteroatoms. The zero-order valence-electron chi connectivity index (χ0n) is 13.9. The molecule has 1 amide bonds. The minimum Gasteiger partial charge on any atom is -0.373 e. The Labute approximate surface area is 140 Å². The molecule has 0 aromatic heterocycles. The fraction of sp³-hybridized carbons (Fsp3) is 0.588. The number of alkyl halides is 3. The van der Waals surface area contributed by atoms with Gasteiger partial charge in [0.1, 0.15) is 0 Å². The van der Waals surface area contributed by atoms with Crippen molar-refractivity contribution in [3.63, 3.8) is 0 Å². The molecule has 1 fully saturated rings. The van der Waals surface area contributed by atoms with Gasteiger partial charge in [0.2, 0.25) is 5.91 Å². The molecule has 134 valence electrons. The largest absolute Gasteiger partial charge is 0.416 e. The number of likely N-dealkylation sites (N-methyl/N-ethyl adjacent to an activating group) is 2. The number of carbonyl (C=O) groups is 1. The van der Waals surface area contributed by atoms with E-state index in [2.05, 4.69) is 5.32 Å². The van der Waals surface area contributed by atoms with E-state index in [1.54, 1.807) is 7.05 Å². The number of amides is 1. The topological polar surface area (TPSA) is 41.6 Å². The number of nitrogens with zero attached hydrogens (tertiary/aromatic N) is 1. The van der Waals surface area contributed by atoms with E-state index in [0.29, 0.717) is 13.2 Å². The predicted molar refractivity (Wildman–Crippen MR) is 84.4 cm³/mol. The van der Waals surface area contributed by atoms with Crippen LogP contribution in [0.25, 0.3) is 0 Å². The maximum atomic E-state index is 12.7. The summed E-state index contributed by atoms with van der Waals surface area (Å²) in [5.41, 5.74) is 0.0939. The van der Waals surface area contributed by atoms with Crippen molar-refractivity contribution in [2.24, 2.45) is 5.92 Å². The minimum atomic E-state index is -4.33. The molecule has 0 aliphatic carbocycles. The Morgan fingerprint density at radius 1 is 1.33 bits per heavy atom. The third-order valence-corrected chi connectivity index (χ3v) is 4.25. The molecule has 1 N–H and O–H groups in total. The van der Waals surface area contributed by atoms with E-state index < -0.39 is 11.7 Å². The van der Waals surface area contributed by atoms with Crippen LogP contribution in [0.5, 0.6) is 0 Å². The number of ether oxygens (including phenoxy) is 1. The Morgan fingerprint density at radius 2 is 2.00 bits per heavy atom. The first-order valence-electron chi connectivity index (χ1n) is 7.99. The molecule has 0 bridgehead atoms. The molecule has 0 saturated carbocycles. The number of hydrogen-bond donors (Lipinski definition) is 1. The van der Waals surface area contributed by atoms with Crippen molar-refractivity contribution in [2.75, 3.05) is 33.8 Å². The lowest BCUT2D eigenvalue weighted by Crippen LogP contribution is -2.38. The highest BCUT2D eigenvalue weighted by atomic mass is 19.4. The second-order valence-electron chi connectivity index (χ2n) is 6.18. The van der Waals surface area contributed by atoms with Gasteiger partial charge in [-0.3, -0.25) is 9.69 Å². The summed E-state index contributed by atoms with van der Waals surface area (Å²) in [6.45, 7) is 1.53. The van der Waals surface area contributed by atoms with Gasteiger partial charge in [0, 0.05) is 26.1 Å². The summed E-state index contributed by atoms with van der Waals surface area (Å²) in [4.78, 5) is 13.4. The van der Waals surface area contributed by atoms with Gasteiger partial charge in [0.05, 0.1) is 18.2 Å². The molecular formula is C17H23F3N2O2. The zero-order chi connectivity index (χ0) is 17.7. The van der Waals surface area contributed by atoms with E-state index in [4.69, 9.17) is 4.74 Å². The lowest BCUT2D eigenvalue weighted by Gasteiger charge is -2.34. The Kier molecular flexibility index (Phi) is 6.23. The van der Waals surface area contributed by atoms with Gasteiger partial charge in [-0.2, -0.15) is 13.2 Å². The molecule has 2 rings (SSSR count). The van der Waals surface area contributed by atoms with Crippen LogP contribution < -0.4 is 5.32 Å². The first-order valence-corrected chi connectivity index (χ1v) is 7.99. The van der Waals surface area contributed by atoms with Gasteiger partial charge in [-0.1, -0.05) is 12.1 Å². The molecule has 0 unspecified atom stereocenters. The summed E-state index contributed by atoms with van der Waals surface area (Å²) in [5, 5.41) is 2.58. The van der Waals surface area contributed by atoms with Gasteiger partial charge in [-0.05, 0) is 37.6 Å². The summed E-state index contributed by atoms with van der Waals surface area (Å²) in [6, 6.07) is 5.17. The third-order valence-electron chi connectivity index (χ3n) is 4.25. The number of halogens is 3. The molecule has 24 heavy (non-hydrogen) atoms. The Morgan fingerprint density at radius 3 is 2.58 bits per heavy atom. The van der Waals surface area contributed by atoms with Crippen LogP contribution in [0.1, 0.15) is 30.1 Å². The van der Waals surface area contributed by atoms with Crippen molar-refractivity contribution >= 4 is 5.91 Å². The summed E-state index contributed by atoms with van der Waals surface area (Å²) in [5.74, 6) is 0.0745. The Bertz CT molecular complexity index is 546. The molecule has 1 heterocycles. The fourth-order valence-corrected chi connectivity index (χ4v) is 3.05. The van der Waals surface area contributed by atoms with Gasteiger partial charge >= 0.3 is 6.18 Å². The molecule has 0 spiro atoms. The maximum absolute atomic E-state index is 12.7. The van der Waals surface area contributed by atoms with Crippen molar-refractivity contribution in [3.05, 3.63) is 35.4 Å². The lowest BCUT2D eigenvalue weighted by atomic mass is 9.88. The van der Waals surface area contributed by atoms with Gasteiger partial charge in [-0.15, -0.1) is 0 Å². The van der Waals surface area contributed by atoms with Gasteiger partial charge in [-0.25, -0.2) is 0 Å². The number of rotatable bonds is 5. The Balaban J connectivity index is 2.07. The van der Waals surface area contributed by atoms with Crippen LogP contribution in [0, 0.1) is 5.92 Å². The molecule has 1 aromatic carbocycles. The first-order chi connectivity index (χ1) is 11.3. The molecule has 4 nitrogen and oxygen atoms in total. The van der Waals surface area contributed by atoms with Gasteiger partial charge < -0.3 is 10.1 Å². The number of hydrogen-bond acceptors (Lipinski definition) is 3. The van der Waals surface area contributed by atoms with Crippen LogP contribution in [0.4, 0.5) is 13.2 Å². The first kappa shape index (κ1) is 18.7. The van der Waals surface area contributed by atoms with E-state index in [-0.39, 0.29) is 24.5 Å². The monoisotopic (exact) mass is 344 g/mol. The number of carbonyl (C=O) groups excluding carboxylic acids is 1. The van der Waals surface area contributed by atoms with Gasteiger partial charge in [0.15, 0.2) is 0 Å². The van der Waals surface area contributed by atoms with Crippen LogP contribution >= 0.6 is 0 Å². The van der Waals surface area contributed by atoms with E-state index >= 15 is 0 Å². The molecule has 1 aliphatic rings. The fourth-order valence-electron chi connectivity index (χ4n) is 3.05. The quantitative estimate of drug-likeness (QED) is 0.893. The zero-order valence-corrected chi connectivity index (χ0v) is 13.9. The van der Waals surface area contributed by atoms with Crippen molar-refractivity contribution in [1.82, 2.24) is 10.2 Å². The summed E-state index contributed by atoms with van der Waals surface area (Å²) in [7, 11) is 3.44. The van der Waals surface area contributed by atoms with Crippen LogP contribution in [0.15, 0.2) is 24.3 Å². The number of nitrogens with one attached hydrogen (secondary N) is 1. The van der Waals surface area contributed by atoms with Crippen LogP contribution in [-0.4, -0.2) is 44.6 Å². The number of benzene rings is 1. The van der Waals surface area contributed by atoms with E-state index in [9.17, 15) is 18.0 Å². The highest BCUT2D eigenvalue weighted by Gasteiger charge is 2.32. The van der Waals surface area contributed by atoms with E-state index in [0.717, 1.165) is 30.5 Å². The third kappa shape index (κ3) is 4.95. The summed E-state index contributed by atoms with van der Waals surface area (Å²) in [6.07, 6.45) is -2.74. The Hall–Kier alpha value is -1.60. The second kappa shape index (κ2) is 7.98.